The van der Waals surface area contributed by atoms with Crippen LogP contribution in [0.1, 0.15) is 34.1 Å². The minimum Gasteiger partial charge on any atom is -0.292 e. The molecule has 1 saturated heterocycles. The fraction of sp³-hybridized carbons (Fsp3) is 0.280. The number of carbonyl (C=O) groups is 4. The van der Waals surface area contributed by atoms with Gasteiger partial charge < -0.3 is 0 Å². The van der Waals surface area contributed by atoms with Gasteiger partial charge in [-0.3, -0.25) is 19.2 Å². The van der Waals surface area contributed by atoms with Gasteiger partial charge in [0, 0.05) is 15.6 Å². The molecular formula is C25H19Cl3N2O4. The lowest BCUT2D eigenvalue weighted by Crippen LogP contribution is -2.57. The van der Waals surface area contributed by atoms with Crippen LogP contribution in [-0.2, 0) is 9.59 Å². The van der Waals surface area contributed by atoms with Gasteiger partial charge >= 0.3 is 0 Å². The summed E-state index contributed by atoms with van der Waals surface area (Å²) in [7, 11) is 0. The molecule has 0 spiro atoms. The quantitative estimate of drug-likeness (QED) is 0.315. The minimum atomic E-state index is -1.17. The number of hydrogen-bond acceptors (Lipinski definition) is 4. The number of fused-ring (bicyclic) bond motifs is 5. The van der Waals surface area contributed by atoms with E-state index in [4.69, 9.17) is 34.8 Å². The van der Waals surface area contributed by atoms with Gasteiger partial charge in [0.1, 0.15) is 6.04 Å². The highest BCUT2D eigenvalue weighted by Crippen LogP contribution is 2.53. The summed E-state index contributed by atoms with van der Waals surface area (Å²) in [5.74, 6) is -3.29. The molecule has 2 aliphatic carbocycles. The molecule has 174 valence electrons. The first kappa shape index (κ1) is 23.1. The molecule has 2 aromatic carbocycles. The van der Waals surface area contributed by atoms with Crippen LogP contribution in [-0.4, -0.2) is 39.6 Å². The molecule has 0 N–H and O–H groups in total. The van der Waals surface area contributed by atoms with Crippen molar-refractivity contribution < 1.29 is 19.2 Å². The van der Waals surface area contributed by atoms with Gasteiger partial charge in [-0.15, -0.1) is 0 Å². The molecule has 0 aromatic heterocycles. The lowest BCUT2D eigenvalue weighted by molar-refractivity contribution is -0.157. The number of hydrazine groups is 1. The molecule has 1 heterocycles. The molecule has 3 aliphatic rings. The van der Waals surface area contributed by atoms with Crippen LogP contribution in [0.25, 0.3) is 0 Å². The van der Waals surface area contributed by atoms with E-state index in [1.165, 1.54) is 37.3 Å². The molecule has 1 aliphatic heterocycles. The van der Waals surface area contributed by atoms with E-state index >= 15 is 0 Å². The summed E-state index contributed by atoms with van der Waals surface area (Å²) in [4.78, 5) is 54.1. The van der Waals surface area contributed by atoms with Crippen molar-refractivity contribution in [3.63, 3.8) is 0 Å². The molecule has 9 heteroatoms. The molecule has 6 nitrogen and oxygen atoms in total. The van der Waals surface area contributed by atoms with E-state index in [0.29, 0.717) is 10.0 Å². The molecule has 2 aromatic rings. The van der Waals surface area contributed by atoms with Crippen molar-refractivity contribution in [1.82, 2.24) is 10.0 Å². The van der Waals surface area contributed by atoms with Gasteiger partial charge in [-0.1, -0.05) is 47.0 Å². The van der Waals surface area contributed by atoms with Crippen molar-refractivity contribution in [2.45, 2.75) is 19.4 Å². The van der Waals surface area contributed by atoms with E-state index in [1.54, 1.807) is 12.1 Å². The second-order valence-electron chi connectivity index (χ2n) is 8.81. The van der Waals surface area contributed by atoms with Crippen LogP contribution in [0, 0.1) is 23.7 Å². The average molecular weight is 518 g/mol. The maximum absolute atomic E-state index is 13.7. The Kier molecular flexibility index (Phi) is 5.79. The Bertz CT molecular complexity index is 1230. The molecule has 5 atom stereocenters. The van der Waals surface area contributed by atoms with Crippen molar-refractivity contribution in [3.05, 3.63) is 80.8 Å². The van der Waals surface area contributed by atoms with Crippen molar-refractivity contribution >= 4 is 58.3 Å². The van der Waals surface area contributed by atoms with Crippen molar-refractivity contribution in [2.75, 3.05) is 0 Å². The number of carbonyl (C=O) groups excluding carboxylic acids is 4. The maximum Gasteiger partial charge on any atom is 0.275 e. The smallest absolute Gasteiger partial charge is 0.275 e. The van der Waals surface area contributed by atoms with E-state index in [9.17, 15) is 19.2 Å². The topological polar surface area (TPSA) is 74.8 Å². The van der Waals surface area contributed by atoms with Gasteiger partial charge in [-0.05, 0) is 67.6 Å². The van der Waals surface area contributed by atoms with Crippen molar-refractivity contribution in [2.24, 2.45) is 23.7 Å². The first-order valence-corrected chi connectivity index (χ1v) is 12.0. The Labute approximate surface area is 211 Å². The monoisotopic (exact) mass is 516 g/mol. The summed E-state index contributed by atoms with van der Waals surface area (Å²) in [5.41, 5.74) is 0.318. The largest absolute Gasteiger partial charge is 0.292 e. The van der Waals surface area contributed by atoms with Crippen LogP contribution in [0.2, 0.25) is 15.1 Å². The molecular weight excluding hydrogens is 499 g/mol. The van der Waals surface area contributed by atoms with Crippen LogP contribution >= 0.6 is 34.8 Å². The molecule has 5 rings (SSSR count). The van der Waals surface area contributed by atoms with Crippen LogP contribution in [0.3, 0.4) is 0 Å². The van der Waals surface area contributed by atoms with E-state index in [2.05, 4.69) is 0 Å². The molecule has 34 heavy (non-hydrogen) atoms. The highest BCUT2D eigenvalue weighted by molar-refractivity contribution is 6.37. The lowest BCUT2D eigenvalue weighted by atomic mass is 9.85. The number of allylic oxidation sites excluding steroid dienone is 2. The summed E-state index contributed by atoms with van der Waals surface area (Å²) in [6.45, 7) is 1.49. The minimum absolute atomic E-state index is 0.0283. The zero-order valence-corrected chi connectivity index (χ0v) is 20.2. The molecule has 0 radical (unpaired) electrons. The van der Waals surface area contributed by atoms with Gasteiger partial charge in [0.05, 0.1) is 22.4 Å². The predicted octanol–water partition coefficient (Wildman–Crippen LogP) is 5.08. The van der Waals surface area contributed by atoms with E-state index < -0.39 is 41.4 Å². The van der Waals surface area contributed by atoms with Crippen LogP contribution in [0.4, 0.5) is 0 Å². The molecule has 2 bridgehead atoms. The van der Waals surface area contributed by atoms with Crippen molar-refractivity contribution in [3.8, 4) is 0 Å². The third-order valence-corrected chi connectivity index (χ3v) is 7.71. The van der Waals surface area contributed by atoms with E-state index in [-0.39, 0.29) is 28.0 Å². The second kappa shape index (κ2) is 8.52. The fourth-order valence-corrected chi connectivity index (χ4v) is 5.91. The number of Topliss-reactive ketones (excluding diaryl/α,β-unsaturated/α-hetero) is 1. The number of rotatable bonds is 5. The van der Waals surface area contributed by atoms with E-state index in [0.717, 1.165) is 16.4 Å². The molecule has 3 amide bonds. The van der Waals surface area contributed by atoms with E-state index in [1.807, 2.05) is 12.2 Å². The standard InChI is InChI=1S/C25H19Cl3N2O4/c1-12(22(31)13-4-6-16(26)7-5-13)29(23(32)18-9-8-17(27)11-19(18)28)30-24(33)20-14-2-3-15(10-14)21(20)25(30)34/h2-9,11-12,14-15,20-21H,10H2,1H3/t12-,14-,15-,20-,21+/m0/s1. The number of benzene rings is 2. The normalized spacial score (nSPS) is 25.6. The van der Waals surface area contributed by atoms with Crippen LogP contribution in [0.15, 0.2) is 54.6 Å². The Morgan fingerprint density at radius 1 is 0.912 bits per heavy atom. The Balaban J connectivity index is 1.56. The van der Waals surface area contributed by atoms with Crippen LogP contribution < -0.4 is 0 Å². The molecule has 2 fully saturated rings. The Morgan fingerprint density at radius 2 is 1.47 bits per heavy atom. The number of nitrogens with zero attached hydrogens (tertiary/aromatic N) is 2. The highest BCUT2D eigenvalue weighted by atomic mass is 35.5. The zero-order chi connectivity index (χ0) is 24.3. The van der Waals surface area contributed by atoms with Gasteiger partial charge in [-0.25, -0.2) is 5.01 Å². The number of ketones is 1. The average Bonchev–Trinajstić information content (AvgIpc) is 3.49. The van der Waals surface area contributed by atoms with Crippen LogP contribution in [0.5, 0.6) is 0 Å². The summed E-state index contributed by atoms with van der Waals surface area (Å²) in [6.07, 6.45) is 4.67. The Morgan fingerprint density at radius 3 is 2.03 bits per heavy atom. The first-order valence-electron chi connectivity index (χ1n) is 10.8. The Hall–Kier alpha value is -2.67. The number of amides is 3. The molecule has 0 unspecified atom stereocenters. The second-order valence-corrected chi connectivity index (χ2v) is 10.1. The predicted molar refractivity (Wildman–Crippen MR) is 127 cm³/mol. The highest BCUT2D eigenvalue weighted by Gasteiger charge is 2.61. The number of imide groups is 1. The number of halogens is 3. The van der Waals surface area contributed by atoms with Gasteiger partial charge in [0.25, 0.3) is 17.7 Å². The summed E-state index contributed by atoms with van der Waals surface area (Å²) < 4.78 is 0. The fourth-order valence-electron chi connectivity index (χ4n) is 5.29. The summed E-state index contributed by atoms with van der Waals surface area (Å²) >= 11 is 18.2. The third-order valence-electron chi connectivity index (χ3n) is 6.91. The van der Waals surface area contributed by atoms with Crippen molar-refractivity contribution in [1.29, 1.82) is 0 Å². The molecule has 1 saturated carbocycles. The van der Waals surface area contributed by atoms with Gasteiger partial charge in [0.15, 0.2) is 5.78 Å². The summed E-state index contributed by atoms with van der Waals surface area (Å²) in [5, 5.41) is 2.64. The maximum atomic E-state index is 13.7. The lowest BCUT2D eigenvalue weighted by Gasteiger charge is -2.35. The van der Waals surface area contributed by atoms with Gasteiger partial charge in [-0.2, -0.15) is 5.01 Å². The zero-order valence-electron chi connectivity index (χ0n) is 18.0. The SMILES string of the molecule is C[C@@H](C(=O)c1ccc(Cl)cc1)N(C(=O)c1ccc(Cl)cc1Cl)N1C(=O)[C@@H]2[C@H](C1=O)[C@H]1C=C[C@H]2C1. The number of hydrogen-bond donors (Lipinski definition) is 0. The van der Waals surface area contributed by atoms with Gasteiger partial charge in [0.2, 0.25) is 0 Å². The first-order chi connectivity index (χ1) is 16.2. The summed E-state index contributed by atoms with van der Waals surface area (Å²) in [6, 6.07) is 9.31. The third kappa shape index (κ3) is 3.56.